The van der Waals surface area contributed by atoms with Gasteiger partial charge in [-0.2, -0.15) is 0 Å². The Morgan fingerprint density at radius 1 is 1.00 bits per heavy atom. The van der Waals surface area contributed by atoms with Crippen molar-refractivity contribution < 1.29 is 4.79 Å². The fourth-order valence-corrected chi connectivity index (χ4v) is 2.25. The van der Waals surface area contributed by atoms with Crippen molar-refractivity contribution in [3.8, 4) is 0 Å². The van der Waals surface area contributed by atoms with Crippen LogP contribution in [0.3, 0.4) is 0 Å². The Labute approximate surface area is 126 Å². The highest BCUT2D eigenvalue weighted by atomic mass is 16.1. The van der Waals surface area contributed by atoms with E-state index in [0.29, 0.717) is 11.6 Å². The predicted molar refractivity (Wildman–Crippen MR) is 86.3 cm³/mol. The number of nitrogens with one attached hydrogen (secondary N) is 2. The van der Waals surface area contributed by atoms with Gasteiger partial charge in [0.05, 0.1) is 0 Å². The topological polar surface area (TPSA) is 41.1 Å². The Balaban J connectivity index is 1.84. The Hall–Kier alpha value is -2.13. The minimum Gasteiger partial charge on any atom is -0.355 e. The molecule has 2 aromatic carbocycles. The Morgan fingerprint density at radius 2 is 1.67 bits per heavy atom. The molecule has 0 aromatic heterocycles. The van der Waals surface area contributed by atoms with Gasteiger partial charge in [-0.15, -0.1) is 0 Å². The zero-order valence-electron chi connectivity index (χ0n) is 12.6. The first-order valence-electron chi connectivity index (χ1n) is 7.27. The molecule has 21 heavy (non-hydrogen) atoms. The summed E-state index contributed by atoms with van der Waals surface area (Å²) in [6.45, 7) is 2.99. The summed E-state index contributed by atoms with van der Waals surface area (Å²) in [4.78, 5) is 11.5. The number of carbonyl (C=O) groups excluding carboxylic acids is 1. The first-order valence-corrected chi connectivity index (χ1v) is 7.27. The molecule has 1 amide bonds. The van der Waals surface area contributed by atoms with Crippen molar-refractivity contribution in [2.75, 3.05) is 7.05 Å². The number of hydrogen-bond acceptors (Lipinski definition) is 2. The van der Waals surface area contributed by atoms with Gasteiger partial charge in [-0.1, -0.05) is 42.5 Å². The summed E-state index contributed by atoms with van der Waals surface area (Å²) in [6, 6.07) is 18.6. The Morgan fingerprint density at radius 3 is 2.29 bits per heavy atom. The van der Waals surface area contributed by atoms with E-state index in [1.54, 1.807) is 7.05 Å². The van der Waals surface area contributed by atoms with Crippen molar-refractivity contribution in [3.05, 3.63) is 71.3 Å². The fourth-order valence-electron chi connectivity index (χ4n) is 2.25. The molecule has 3 heteroatoms. The van der Waals surface area contributed by atoms with Crippen molar-refractivity contribution >= 4 is 5.91 Å². The Kier molecular flexibility index (Phi) is 5.52. The van der Waals surface area contributed by atoms with Crippen molar-refractivity contribution in [1.29, 1.82) is 0 Å². The molecule has 110 valence electrons. The SMILES string of the molecule is CNC(=O)c1ccc(CNC(C)Cc2ccccc2)cc1. The van der Waals surface area contributed by atoms with Gasteiger partial charge in [0, 0.05) is 25.2 Å². The molecule has 1 unspecified atom stereocenters. The van der Waals surface area contributed by atoms with Crippen molar-refractivity contribution in [2.45, 2.75) is 25.9 Å². The minimum atomic E-state index is -0.0491. The standard InChI is InChI=1S/C18H22N2O/c1-14(12-15-6-4-3-5-7-15)20-13-16-8-10-17(11-9-16)18(21)19-2/h3-11,14,20H,12-13H2,1-2H3,(H,19,21). The summed E-state index contributed by atoms with van der Waals surface area (Å²) in [5.41, 5.74) is 3.22. The number of rotatable bonds is 6. The van der Waals surface area contributed by atoms with Crippen LogP contribution in [-0.4, -0.2) is 19.0 Å². The highest BCUT2D eigenvalue weighted by Crippen LogP contribution is 2.06. The number of carbonyl (C=O) groups is 1. The molecule has 2 N–H and O–H groups in total. The van der Waals surface area contributed by atoms with Gasteiger partial charge in [0.2, 0.25) is 0 Å². The lowest BCUT2D eigenvalue weighted by atomic mass is 10.1. The molecule has 0 bridgehead atoms. The molecule has 0 aliphatic carbocycles. The predicted octanol–water partition coefficient (Wildman–Crippen LogP) is 2.77. The lowest BCUT2D eigenvalue weighted by Gasteiger charge is -2.14. The van der Waals surface area contributed by atoms with Crippen LogP contribution >= 0.6 is 0 Å². The van der Waals surface area contributed by atoms with Gasteiger partial charge in [-0.05, 0) is 36.6 Å². The van der Waals surface area contributed by atoms with E-state index in [0.717, 1.165) is 13.0 Å². The fraction of sp³-hybridized carbons (Fsp3) is 0.278. The smallest absolute Gasteiger partial charge is 0.251 e. The molecule has 0 aliphatic heterocycles. The summed E-state index contributed by atoms with van der Waals surface area (Å²) in [7, 11) is 1.64. The van der Waals surface area contributed by atoms with Gasteiger partial charge in [-0.25, -0.2) is 0 Å². The average molecular weight is 282 g/mol. The molecule has 2 aromatic rings. The number of hydrogen-bond donors (Lipinski definition) is 2. The molecule has 0 radical (unpaired) electrons. The van der Waals surface area contributed by atoms with Crippen LogP contribution in [-0.2, 0) is 13.0 Å². The molecule has 0 saturated carbocycles. The summed E-state index contributed by atoms with van der Waals surface area (Å²) >= 11 is 0. The van der Waals surface area contributed by atoms with Gasteiger partial charge >= 0.3 is 0 Å². The summed E-state index contributed by atoms with van der Waals surface area (Å²) < 4.78 is 0. The van der Waals surface area contributed by atoms with Crippen LogP contribution in [0.15, 0.2) is 54.6 Å². The lowest BCUT2D eigenvalue weighted by molar-refractivity contribution is 0.0963. The van der Waals surface area contributed by atoms with Gasteiger partial charge in [0.1, 0.15) is 0 Å². The zero-order valence-corrected chi connectivity index (χ0v) is 12.6. The van der Waals surface area contributed by atoms with Crippen LogP contribution in [0.2, 0.25) is 0 Å². The normalized spacial score (nSPS) is 11.9. The molecule has 0 aliphatic rings. The maximum Gasteiger partial charge on any atom is 0.251 e. The molecular formula is C18H22N2O. The van der Waals surface area contributed by atoms with Crippen LogP contribution in [0, 0.1) is 0 Å². The third-order valence-electron chi connectivity index (χ3n) is 3.48. The van der Waals surface area contributed by atoms with Crippen LogP contribution in [0.4, 0.5) is 0 Å². The maximum atomic E-state index is 11.5. The second kappa shape index (κ2) is 7.60. The van der Waals surface area contributed by atoms with Crippen molar-refractivity contribution in [2.24, 2.45) is 0 Å². The molecule has 0 fully saturated rings. The van der Waals surface area contributed by atoms with E-state index in [1.165, 1.54) is 11.1 Å². The van der Waals surface area contributed by atoms with Crippen LogP contribution < -0.4 is 10.6 Å². The van der Waals surface area contributed by atoms with Crippen molar-refractivity contribution in [1.82, 2.24) is 10.6 Å². The van der Waals surface area contributed by atoms with Crippen LogP contribution in [0.1, 0.15) is 28.4 Å². The molecular weight excluding hydrogens is 260 g/mol. The van der Waals surface area contributed by atoms with Gasteiger partial charge < -0.3 is 10.6 Å². The molecule has 2 rings (SSSR count). The molecule has 0 heterocycles. The summed E-state index contributed by atoms with van der Waals surface area (Å²) in [5, 5.41) is 6.13. The quantitative estimate of drug-likeness (QED) is 0.855. The van der Waals surface area contributed by atoms with Crippen LogP contribution in [0.5, 0.6) is 0 Å². The summed E-state index contributed by atoms with van der Waals surface area (Å²) in [5.74, 6) is -0.0491. The Bertz CT molecular complexity index is 564. The van der Waals surface area contributed by atoms with Gasteiger partial charge in [-0.3, -0.25) is 4.79 Å². The first kappa shape index (κ1) is 15.3. The second-order valence-electron chi connectivity index (χ2n) is 5.25. The molecule has 0 spiro atoms. The van der Waals surface area contributed by atoms with Gasteiger partial charge in [0.15, 0.2) is 0 Å². The van der Waals surface area contributed by atoms with Crippen LogP contribution in [0.25, 0.3) is 0 Å². The van der Waals surface area contributed by atoms with E-state index in [-0.39, 0.29) is 5.91 Å². The van der Waals surface area contributed by atoms with Crippen molar-refractivity contribution in [3.63, 3.8) is 0 Å². The molecule has 0 saturated heterocycles. The third kappa shape index (κ3) is 4.72. The minimum absolute atomic E-state index is 0.0491. The first-order chi connectivity index (χ1) is 10.2. The third-order valence-corrected chi connectivity index (χ3v) is 3.48. The van der Waals surface area contributed by atoms with E-state index in [4.69, 9.17) is 0 Å². The maximum absolute atomic E-state index is 11.5. The largest absolute Gasteiger partial charge is 0.355 e. The lowest BCUT2D eigenvalue weighted by Crippen LogP contribution is -2.27. The highest BCUT2D eigenvalue weighted by molar-refractivity contribution is 5.93. The average Bonchev–Trinajstić information content (AvgIpc) is 2.53. The van der Waals surface area contributed by atoms with E-state index >= 15 is 0 Å². The van der Waals surface area contributed by atoms with Gasteiger partial charge in [0.25, 0.3) is 5.91 Å². The number of benzene rings is 2. The molecule has 3 nitrogen and oxygen atoms in total. The molecule has 1 atom stereocenters. The van der Waals surface area contributed by atoms with E-state index < -0.39 is 0 Å². The van der Waals surface area contributed by atoms with E-state index in [2.05, 4.69) is 41.8 Å². The van der Waals surface area contributed by atoms with E-state index in [9.17, 15) is 4.79 Å². The highest BCUT2D eigenvalue weighted by Gasteiger charge is 2.05. The monoisotopic (exact) mass is 282 g/mol. The van der Waals surface area contributed by atoms with E-state index in [1.807, 2.05) is 30.3 Å². The zero-order chi connectivity index (χ0) is 15.1. The second-order valence-corrected chi connectivity index (χ2v) is 5.25. The number of amides is 1. The summed E-state index contributed by atoms with van der Waals surface area (Å²) in [6.07, 6.45) is 1.01.